The highest BCUT2D eigenvalue weighted by molar-refractivity contribution is 5.05. The molecule has 0 unspecified atom stereocenters. The van der Waals surface area contributed by atoms with Crippen molar-refractivity contribution in [3.63, 3.8) is 0 Å². The Kier molecular flexibility index (Phi) is 4.43. The van der Waals surface area contributed by atoms with E-state index in [1.807, 2.05) is 13.0 Å². The Bertz CT molecular complexity index is 528. The van der Waals surface area contributed by atoms with Gasteiger partial charge in [-0.2, -0.15) is 0 Å². The lowest BCUT2D eigenvalue weighted by atomic mass is 9.73. The van der Waals surface area contributed by atoms with Crippen molar-refractivity contribution in [1.82, 2.24) is 10.1 Å². The summed E-state index contributed by atoms with van der Waals surface area (Å²) in [6.45, 7) is 7.64. The highest BCUT2D eigenvalue weighted by atomic mass is 16.5. The molecule has 0 N–H and O–H groups in total. The Morgan fingerprint density at radius 3 is 3.09 bits per heavy atom. The topological polar surface area (TPSA) is 47.7 Å². The summed E-state index contributed by atoms with van der Waals surface area (Å²) in [7, 11) is 0. The highest BCUT2D eigenvalue weighted by Gasteiger charge is 2.46. The molecule has 3 aliphatic rings. The van der Waals surface area contributed by atoms with Gasteiger partial charge < -0.3 is 14.0 Å². The monoisotopic (exact) mass is 320 g/mol. The maximum absolute atomic E-state index is 6.12. The number of rotatable bonds is 6. The molecule has 2 atom stereocenters. The summed E-state index contributed by atoms with van der Waals surface area (Å²) in [5, 5.41) is 4.15. The van der Waals surface area contributed by atoms with Crippen LogP contribution in [0, 0.1) is 18.3 Å². The first-order valence-electron chi connectivity index (χ1n) is 9.07. The van der Waals surface area contributed by atoms with Gasteiger partial charge in [0.2, 0.25) is 0 Å². The first kappa shape index (κ1) is 15.6. The number of fused-ring (bicyclic) bond motifs is 1. The molecule has 5 heteroatoms. The van der Waals surface area contributed by atoms with Gasteiger partial charge >= 0.3 is 0 Å². The molecular weight excluding hydrogens is 292 g/mol. The number of ether oxygens (including phenoxy) is 2. The predicted molar refractivity (Wildman–Crippen MR) is 86.1 cm³/mol. The number of hydrogen-bond acceptors (Lipinski definition) is 5. The molecule has 1 aromatic heterocycles. The summed E-state index contributed by atoms with van der Waals surface area (Å²) < 4.78 is 17.4. The number of nitrogens with zero attached hydrogens (tertiary/aromatic N) is 2. The summed E-state index contributed by atoms with van der Waals surface area (Å²) in [5.41, 5.74) is 1.20. The lowest BCUT2D eigenvalue weighted by Crippen LogP contribution is -2.56. The molecule has 0 amide bonds. The standard InChI is InChI=1S/C18H28N2O3/c1-14-9-16(19-23-14)10-20-7-5-17-18(12-20,6-2-8-22-17)13-21-11-15-3-4-15/h9,15,17H,2-8,10-13H2,1H3/t17-,18+/m1/s1. The van der Waals surface area contributed by atoms with E-state index in [-0.39, 0.29) is 5.41 Å². The molecule has 2 aliphatic heterocycles. The quantitative estimate of drug-likeness (QED) is 0.806. The van der Waals surface area contributed by atoms with Gasteiger partial charge in [0.1, 0.15) is 5.76 Å². The zero-order chi connectivity index (χ0) is 15.7. The minimum absolute atomic E-state index is 0.171. The van der Waals surface area contributed by atoms with Crippen LogP contribution >= 0.6 is 0 Å². The molecular formula is C18H28N2O3. The number of piperidine rings is 1. The van der Waals surface area contributed by atoms with E-state index in [0.717, 1.165) is 69.7 Å². The second kappa shape index (κ2) is 6.54. The van der Waals surface area contributed by atoms with Crippen molar-refractivity contribution >= 4 is 0 Å². The molecule has 1 saturated carbocycles. The first-order valence-corrected chi connectivity index (χ1v) is 9.07. The molecule has 128 valence electrons. The Balaban J connectivity index is 1.40. The third kappa shape index (κ3) is 3.62. The molecule has 1 aliphatic carbocycles. The van der Waals surface area contributed by atoms with E-state index in [1.165, 1.54) is 19.3 Å². The van der Waals surface area contributed by atoms with Crippen LogP contribution in [0.4, 0.5) is 0 Å². The van der Waals surface area contributed by atoms with Gasteiger partial charge in [-0.15, -0.1) is 0 Å². The first-order chi connectivity index (χ1) is 11.2. The summed E-state index contributed by atoms with van der Waals surface area (Å²) in [6.07, 6.45) is 6.54. The van der Waals surface area contributed by atoms with Gasteiger partial charge in [0.25, 0.3) is 0 Å². The van der Waals surface area contributed by atoms with Gasteiger partial charge in [-0.3, -0.25) is 4.90 Å². The SMILES string of the molecule is Cc1cc(CN2CC[C@H]3OCCC[C@@]3(COCC3CC3)C2)no1. The third-order valence-corrected chi connectivity index (χ3v) is 5.57. The Hall–Kier alpha value is -0.910. The van der Waals surface area contributed by atoms with Crippen LogP contribution in [0.25, 0.3) is 0 Å². The van der Waals surface area contributed by atoms with E-state index in [4.69, 9.17) is 14.0 Å². The fourth-order valence-corrected chi connectivity index (χ4v) is 4.16. The number of aryl methyl sites for hydroxylation is 1. The van der Waals surface area contributed by atoms with Crippen molar-refractivity contribution in [1.29, 1.82) is 0 Å². The zero-order valence-electron chi connectivity index (χ0n) is 14.1. The third-order valence-electron chi connectivity index (χ3n) is 5.57. The zero-order valence-corrected chi connectivity index (χ0v) is 14.1. The Labute approximate surface area is 138 Å². The minimum atomic E-state index is 0.171. The minimum Gasteiger partial charge on any atom is -0.380 e. The lowest BCUT2D eigenvalue weighted by molar-refractivity contribution is -0.154. The summed E-state index contributed by atoms with van der Waals surface area (Å²) in [4.78, 5) is 2.50. The average Bonchev–Trinajstić information content (AvgIpc) is 3.28. The molecule has 5 nitrogen and oxygen atoms in total. The molecule has 3 fully saturated rings. The Morgan fingerprint density at radius 2 is 2.30 bits per heavy atom. The number of likely N-dealkylation sites (tertiary alicyclic amines) is 1. The van der Waals surface area contributed by atoms with Gasteiger partial charge in [0, 0.05) is 44.3 Å². The number of hydrogen-bond donors (Lipinski definition) is 0. The van der Waals surface area contributed by atoms with Crippen LogP contribution in [-0.4, -0.2) is 49.1 Å². The number of aromatic nitrogens is 1. The van der Waals surface area contributed by atoms with E-state index < -0.39 is 0 Å². The maximum atomic E-state index is 6.12. The molecule has 2 saturated heterocycles. The lowest BCUT2D eigenvalue weighted by Gasteiger charge is -2.50. The van der Waals surface area contributed by atoms with Crippen LogP contribution in [-0.2, 0) is 16.0 Å². The van der Waals surface area contributed by atoms with Gasteiger partial charge in [-0.25, -0.2) is 0 Å². The van der Waals surface area contributed by atoms with Crippen molar-refractivity contribution in [3.8, 4) is 0 Å². The van der Waals surface area contributed by atoms with Crippen molar-refractivity contribution in [2.75, 3.05) is 32.9 Å². The largest absolute Gasteiger partial charge is 0.380 e. The molecule has 0 bridgehead atoms. The van der Waals surface area contributed by atoms with Crippen LogP contribution in [0.3, 0.4) is 0 Å². The van der Waals surface area contributed by atoms with Crippen molar-refractivity contribution in [2.45, 2.75) is 51.7 Å². The van der Waals surface area contributed by atoms with Crippen molar-refractivity contribution in [3.05, 3.63) is 17.5 Å². The van der Waals surface area contributed by atoms with Crippen molar-refractivity contribution < 1.29 is 14.0 Å². The van der Waals surface area contributed by atoms with Gasteiger partial charge in [0.05, 0.1) is 18.4 Å². The molecule has 1 aromatic rings. The molecule has 3 heterocycles. The molecule has 4 rings (SSSR count). The molecule has 23 heavy (non-hydrogen) atoms. The van der Waals surface area contributed by atoms with E-state index >= 15 is 0 Å². The van der Waals surface area contributed by atoms with E-state index in [1.54, 1.807) is 0 Å². The molecule has 0 radical (unpaired) electrons. The second-order valence-electron chi connectivity index (χ2n) is 7.71. The van der Waals surface area contributed by atoms with Crippen LogP contribution < -0.4 is 0 Å². The second-order valence-corrected chi connectivity index (χ2v) is 7.71. The van der Waals surface area contributed by atoms with E-state index in [9.17, 15) is 0 Å². The normalized spacial score (nSPS) is 32.0. The average molecular weight is 320 g/mol. The Morgan fingerprint density at radius 1 is 1.39 bits per heavy atom. The summed E-state index contributed by atoms with van der Waals surface area (Å²) >= 11 is 0. The van der Waals surface area contributed by atoms with Gasteiger partial charge in [-0.1, -0.05) is 5.16 Å². The molecule has 0 spiro atoms. The van der Waals surface area contributed by atoms with Crippen LogP contribution in [0.1, 0.15) is 43.6 Å². The van der Waals surface area contributed by atoms with Crippen LogP contribution in [0.2, 0.25) is 0 Å². The fraction of sp³-hybridized carbons (Fsp3) is 0.833. The van der Waals surface area contributed by atoms with Gasteiger partial charge in [0.15, 0.2) is 0 Å². The fourth-order valence-electron chi connectivity index (χ4n) is 4.16. The molecule has 0 aromatic carbocycles. The summed E-state index contributed by atoms with van der Waals surface area (Å²) in [5.74, 6) is 1.71. The summed E-state index contributed by atoms with van der Waals surface area (Å²) in [6, 6.07) is 2.04. The van der Waals surface area contributed by atoms with Crippen molar-refractivity contribution in [2.24, 2.45) is 11.3 Å². The van der Waals surface area contributed by atoms with Crippen LogP contribution in [0.15, 0.2) is 10.6 Å². The van der Waals surface area contributed by atoms with Crippen LogP contribution in [0.5, 0.6) is 0 Å². The van der Waals surface area contributed by atoms with E-state index in [0.29, 0.717) is 6.10 Å². The van der Waals surface area contributed by atoms with E-state index in [2.05, 4.69) is 10.1 Å². The predicted octanol–water partition coefficient (Wildman–Crippen LogP) is 2.78. The smallest absolute Gasteiger partial charge is 0.133 e. The maximum Gasteiger partial charge on any atom is 0.133 e. The van der Waals surface area contributed by atoms with Gasteiger partial charge in [-0.05, 0) is 44.9 Å². The highest BCUT2D eigenvalue weighted by Crippen LogP contribution is 2.41.